The summed E-state index contributed by atoms with van der Waals surface area (Å²) in [5.74, 6) is -4.44. The summed E-state index contributed by atoms with van der Waals surface area (Å²) in [5.41, 5.74) is 8.36. The molecule has 0 aromatic heterocycles. The molecule has 3 aliphatic heterocycles. The highest BCUT2D eigenvalue weighted by atomic mass is 16.6. The Labute approximate surface area is 353 Å². The van der Waals surface area contributed by atoms with E-state index in [4.69, 9.17) is 19.9 Å². The number of rotatable bonds is 4. The summed E-state index contributed by atoms with van der Waals surface area (Å²) in [6, 6.07) is -0.694. The zero-order chi connectivity index (χ0) is 43.3. The number of aliphatic hydroxyl groups is 4. The largest absolute Gasteiger partial charge is 0.393 e. The van der Waals surface area contributed by atoms with Crippen LogP contribution in [-0.2, 0) is 28.6 Å². The number of nitrogens with zero attached hydrogens (tertiary/aromatic N) is 1. The van der Waals surface area contributed by atoms with Gasteiger partial charge < -0.3 is 45.3 Å². The van der Waals surface area contributed by atoms with Crippen LogP contribution >= 0.6 is 0 Å². The van der Waals surface area contributed by atoms with Gasteiger partial charge >= 0.3 is 0 Å². The van der Waals surface area contributed by atoms with E-state index >= 15 is 0 Å². The third-order valence-electron chi connectivity index (χ3n) is 13.3. The summed E-state index contributed by atoms with van der Waals surface area (Å²) in [6.07, 6.45) is 16.7. The molecule has 1 aliphatic carbocycles. The summed E-state index contributed by atoms with van der Waals surface area (Å²) >= 11 is 0. The molecule has 3 fully saturated rings. The van der Waals surface area contributed by atoms with Crippen molar-refractivity contribution in [3.63, 3.8) is 0 Å². The molecular formula is C47H76N2O10. The molecule has 0 aromatic carbocycles. The van der Waals surface area contributed by atoms with Gasteiger partial charge in [0.25, 0.3) is 11.7 Å². The number of piperidine rings is 1. The molecule has 59 heavy (non-hydrogen) atoms. The van der Waals surface area contributed by atoms with Gasteiger partial charge in [-0.2, -0.15) is 0 Å². The van der Waals surface area contributed by atoms with Crippen LogP contribution in [0.5, 0.6) is 0 Å². The van der Waals surface area contributed by atoms with E-state index in [1.807, 2.05) is 57.2 Å². The predicted molar refractivity (Wildman–Crippen MR) is 228 cm³/mol. The van der Waals surface area contributed by atoms with Crippen LogP contribution in [0, 0.1) is 23.7 Å². The Balaban J connectivity index is 1.59. The Hall–Kier alpha value is -2.55. The van der Waals surface area contributed by atoms with Crippen LogP contribution in [0.2, 0.25) is 0 Å². The third kappa shape index (κ3) is 14.5. The van der Waals surface area contributed by atoms with Crippen molar-refractivity contribution in [2.24, 2.45) is 29.4 Å². The lowest BCUT2D eigenvalue weighted by molar-refractivity contribution is -0.245. The molecule has 12 nitrogen and oxygen atoms in total. The van der Waals surface area contributed by atoms with Gasteiger partial charge in [-0.25, -0.2) is 0 Å². The molecule has 0 aromatic rings. The van der Waals surface area contributed by atoms with Crippen LogP contribution in [0.1, 0.15) is 131 Å². The smallest absolute Gasteiger partial charge is 0.296 e. The molecule has 1 saturated carbocycles. The molecule has 0 radical (unpaired) electrons. The number of carbonyl (C=O) groups excluding carboxylic acids is 3. The first-order valence-corrected chi connectivity index (χ1v) is 22.5. The number of nitrogens with two attached hydrogens (primary N) is 1. The van der Waals surface area contributed by atoms with E-state index < -0.39 is 47.5 Å². The van der Waals surface area contributed by atoms with Crippen molar-refractivity contribution in [2.75, 3.05) is 20.3 Å². The molecule has 4 aliphatic rings. The highest BCUT2D eigenvalue weighted by Crippen LogP contribution is 2.34. The number of carbonyl (C=O) groups is 3. The number of allylic oxidation sites excluding steroid dienone is 6. The molecule has 11 atom stereocenters. The molecule has 4 rings (SSSR count). The van der Waals surface area contributed by atoms with E-state index in [1.54, 1.807) is 25.9 Å². The molecule has 3 heterocycles. The SMILES string of the molecule is CO[C@H]1C[C@@H]2CCC[C@@](O)(O2)C(=O)C(=O)N2CCCC[C@H]2CO[C@H]([C@H](N)C[C@H]2CC[C@H](O)CC2)CC[C@H](C)/C=C(\C)[C@@H](O)[C@@H](O)C(=O)[C@H](C)C[C@H](C)/C=C/C=C/C=C/1C. The number of hydrogen-bond acceptors (Lipinski definition) is 11. The minimum absolute atomic E-state index is 0.0349. The van der Waals surface area contributed by atoms with Gasteiger partial charge in [0.15, 0.2) is 5.78 Å². The van der Waals surface area contributed by atoms with Crippen LogP contribution in [-0.4, -0.2) is 118 Å². The molecular weight excluding hydrogens is 753 g/mol. The van der Waals surface area contributed by atoms with E-state index in [9.17, 15) is 34.8 Å². The highest BCUT2D eigenvalue weighted by molar-refractivity contribution is 6.38. The summed E-state index contributed by atoms with van der Waals surface area (Å²) in [5, 5.41) is 43.8. The molecule has 334 valence electrons. The summed E-state index contributed by atoms with van der Waals surface area (Å²) in [4.78, 5) is 42.7. The zero-order valence-electron chi connectivity index (χ0n) is 36.7. The van der Waals surface area contributed by atoms with E-state index in [1.165, 1.54) is 0 Å². The van der Waals surface area contributed by atoms with Crippen molar-refractivity contribution in [3.8, 4) is 0 Å². The van der Waals surface area contributed by atoms with E-state index in [0.29, 0.717) is 63.0 Å². The lowest BCUT2D eigenvalue weighted by atomic mass is 9.82. The lowest BCUT2D eigenvalue weighted by Crippen LogP contribution is -2.57. The maximum absolute atomic E-state index is 14.0. The molecule has 1 amide bonds. The number of ether oxygens (including phenoxy) is 3. The Kier molecular flexibility index (Phi) is 19.6. The number of Topliss-reactive ketones (excluding diaryl/α,β-unsaturated/α-hetero) is 2. The van der Waals surface area contributed by atoms with Gasteiger partial charge in [0.2, 0.25) is 5.79 Å². The number of aliphatic hydroxyl groups excluding tert-OH is 3. The normalized spacial score (nSPS) is 40.8. The van der Waals surface area contributed by atoms with E-state index in [-0.39, 0.29) is 55.3 Å². The van der Waals surface area contributed by atoms with Gasteiger partial charge in [0, 0.05) is 38.5 Å². The standard InChI is InChI=1S/C47H76N2O10/c1-30-13-8-7-9-14-32(3)41(57-6)28-38-16-12-23-47(56,59-38)45(54)46(55)49-24-11-10-15-36(49)29-58-40(39(48)27-35-18-20-37(50)21-19-35)22-17-31(2)26-34(5)43(52)44(53)42(51)33(4)25-30/h7-9,13-14,26,30-31,33,35-41,43-44,50,52-53,56H,10-12,15-25,27-29,48H2,1-6H3/b9-7+,13-8+,32-14+,34-26+/t30-,31+,33-,35-,36+,37-,38+,39-,40+,41+,43-,44+,47-/m1/s1. The van der Waals surface area contributed by atoms with Gasteiger partial charge in [0.05, 0.1) is 37.1 Å². The third-order valence-corrected chi connectivity index (χ3v) is 13.3. The number of methoxy groups -OCH3 is 1. The molecule has 2 saturated heterocycles. The quantitative estimate of drug-likeness (QED) is 0.174. The fraction of sp³-hybridized carbons (Fsp3) is 0.766. The number of amides is 1. The molecule has 0 unspecified atom stereocenters. The van der Waals surface area contributed by atoms with E-state index in [2.05, 4.69) is 0 Å². The van der Waals surface area contributed by atoms with Crippen LogP contribution in [0.3, 0.4) is 0 Å². The minimum Gasteiger partial charge on any atom is -0.393 e. The van der Waals surface area contributed by atoms with Gasteiger partial charge in [-0.05, 0) is 126 Å². The van der Waals surface area contributed by atoms with Crippen molar-refractivity contribution < 1.29 is 49.0 Å². The second-order valence-electron chi connectivity index (χ2n) is 18.4. The average molecular weight is 829 g/mol. The van der Waals surface area contributed by atoms with Crippen LogP contribution in [0.25, 0.3) is 0 Å². The number of ketones is 2. The zero-order valence-corrected chi connectivity index (χ0v) is 36.7. The van der Waals surface area contributed by atoms with Crippen molar-refractivity contribution in [1.29, 1.82) is 0 Å². The summed E-state index contributed by atoms with van der Waals surface area (Å²) in [7, 11) is 1.61. The second kappa shape index (κ2) is 23.6. The summed E-state index contributed by atoms with van der Waals surface area (Å²) < 4.78 is 18.5. The predicted octanol–water partition coefficient (Wildman–Crippen LogP) is 5.64. The Morgan fingerprint density at radius 1 is 0.864 bits per heavy atom. The van der Waals surface area contributed by atoms with Crippen LogP contribution in [0.4, 0.5) is 0 Å². The highest BCUT2D eigenvalue weighted by Gasteiger charge is 2.48. The first-order chi connectivity index (χ1) is 28.0. The maximum Gasteiger partial charge on any atom is 0.296 e. The van der Waals surface area contributed by atoms with Gasteiger partial charge in [-0.1, -0.05) is 57.2 Å². The first kappa shape index (κ1) is 49.1. The van der Waals surface area contributed by atoms with Crippen molar-refractivity contribution in [2.45, 2.75) is 185 Å². The molecule has 0 spiro atoms. The lowest BCUT2D eigenvalue weighted by Gasteiger charge is -2.40. The van der Waals surface area contributed by atoms with Crippen molar-refractivity contribution in [3.05, 3.63) is 47.6 Å². The second-order valence-corrected chi connectivity index (χ2v) is 18.4. The fourth-order valence-electron chi connectivity index (χ4n) is 9.45. The fourth-order valence-corrected chi connectivity index (χ4v) is 9.45. The van der Waals surface area contributed by atoms with Gasteiger partial charge in [-0.3, -0.25) is 14.4 Å². The van der Waals surface area contributed by atoms with Crippen LogP contribution in [0.15, 0.2) is 47.6 Å². The molecule has 2 bridgehead atoms. The number of hydrogen-bond donors (Lipinski definition) is 5. The Morgan fingerprint density at radius 2 is 1.59 bits per heavy atom. The molecule has 12 heteroatoms. The van der Waals surface area contributed by atoms with Crippen LogP contribution < -0.4 is 5.73 Å². The van der Waals surface area contributed by atoms with Gasteiger partial charge in [-0.15, -0.1) is 0 Å². The van der Waals surface area contributed by atoms with E-state index in [0.717, 1.165) is 50.5 Å². The monoisotopic (exact) mass is 829 g/mol. The molecule has 6 N–H and O–H groups in total. The van der Waals surface area contributed by atoms with Crippen molar-refractivity contribution in [1.82, 2.24) is 4.90 Å². The number of fused-ring (bicyclic) bond motifs is 3. The average Bonchev–Trinajstić information content (AvgIpc) is 3.21. The Morgan fingerprint density at radius 3 is 2.31 bits per heavy atom. The summed E-state index contributed by atoms with van der Waals surface area (Å²) in [6.45, 7) is 10.0. The topological polar surface area (TPSA) is 189 Å². The Bertz CT molecular complexity index is 1490. The van der Waals surface area contributed by atoms with Gasteiger partial charge in [0.1, 0.15) is 12.2 Å². The minimum atomic E-state index is -2.23. The first-order valence-electron chi connectivity index (χ1n) is 22.5. The van der Waals surface area contributed by atoms with Crippen molar-refractivity contribution >= 4 is 17.5 Å². The maximum atomic E-state index is 14.0.